The largest absolute Gasteiger partial charge is 0.464 e. The van der Waals surface area contributed by atoms with Crippen molar-refractivity contribution in [3.63, 3.8) is 0 Å². The predicted octanol–water partition coefficient (Wildman–Crippen LogP) is 1.80. The molecule has 2 amide bonds. The van der Waals surface area contributed by atoms with Crippen LogP contribution in [0.3, 0.4) is 0 Å². The highest BCUT2D eigenvalue weighted by molar-refractivity contribution is 7.98. The smallest absolute Gasteiger partial charge is 0.329 e. The number of thiophene rings is 1. The van der Waals surface area contributed by atoms with Crippen LogP contribution in [0.5, 0.6) is 0 Å². The van der Waals surface area contributed by atoms with E-state index in [1.54, 1.807) is 13.8 Å². The molecule has 1 rings (SSSR count). The van der Waals surface area contributed by atoms with E-state index in [9.17, 15) is 19.2 Å². The molecule has 29 heavy (non-hydrogen) atoms. The van der Waals surface area contributed by atoms with Crippen LogP contribution in [0.2, 0.25) is 0 Å². The van der Waals surface area contributed by atoms with Crippen molar-refractivity contribution in [1.29, 1.82) is 0 Å². The number of carbonyl (C=O) groups is 4. The van der Waals surface area contributed by atoms with Crippen LogP contribution in [-0.4, -0.2) is 73.1 Å². The molecule has 0 spiro atoms. The van der Waals surface area contributed by atoms with Crippen molar-refractivity contribution in [2.45, 2.75) is 25.9 Å². The maximum absolute atomic E-state index is 12.5. The topological polar surface area (TPSA) is 111 Å². The Balaban J connectivity index is 2.80. The van der Waals surface area contributed by atoms with E-state index in [1.165, 1.54) is 35.7 Å². The van der Waals surface area contributed by atoms with Gasteiger partial charge >= 0.3 is 11.9 Å². The summed E-state index contributed by atoms with van der Waals surface area (Å²) in [5.74, 6) is -1.18. The van der Waals surface area contributed by atoms with Gasteiger partial charge in [-0.2, -0.15) is 23.5 Å². The van der Waals surface area contributed by atoms with E-state index in [4.69, 9.17) is 9.47 Å². The lowest BCUT2D eigenvalue weighted by atomic mass is 10.3. The third-order valence-electron chi connectivity index (χ3n) is 3.47. The Labute approximate surface area is 182 Å². The summed E-state index contributed by atoms with van der Waals surface area (Å²) in [6.45, 7) is 3.84. The Kier molecular flexibility index (Phi) is 11.8. The van der Waals surface area contributed by atoms with Gasteiger partial charge in [0.1, 0.15) is 12.1 Å². The van der Waals surface area contributed by atoms with E-state index in [-0.39, 0.29) is 23.0 Å². The first-order valence-electron chi connectivity index (χ1n) is 8.90. The molecule has 0 fully saturated rings. The first kappa shape index (κ1) is 25.3. The van der Waals surface area contributed by atoms with Crippen LogP contribution in [0, 0.1) is 0 Å². The molecule has 1 aromatic heterocycles. The number of rotatable bonds is 12. The Hall–Kier alpha value is -1.72. The summed E-state index contributed by atoms with van der Waals surface area (Å²) in [5, 5.41) is 5.27. The van der Waals surface area contributed by atoms with Gasteiger partial charge in [0.15, 0.2) is 0 Å². The Morgan fingerprint density at radius 3 is 1.55 bits per heavy atom. The molecule has 0 aliphatic carbocycles. The van der Waals surface area contributed by atoms with Crippen LogP contribution >= 0.6 is 34.9 Å². The number of hydrogen-bond acceptors (Lipinski definition) is 9. The quantitative estimate of drug-likeness (QED) is 0.453. The molecule has 8 nitrogen and oxygen atoms in total. The number of hydrogen-bond donors (Lipinski definition) is 2. The maximum Gasteiger partial charge on any atom is 0.329 e. The molecule has 0 aromatic carbocycles. The fourth-order valence-electron chi connectivity index (χ4n) is 2.20. The summed E-state index contributed by atoms with van der Waals surface area (Å²) in [5.41, 5.74) is 0. The molecule has 1 heterocycles. The lowest BCUT2D eigenvalue weighted by Gasteiger charge is -2.16. The van der Waals surface area contributed by atoms with Gasteiger partial charge in [-0.05, 0) is 38.5 Å². The highest BCUT2D eigenvalue weighted by atomic mass is 32.2. The van der Waals surface area contributed by atoms with Crippen molar-refractivity contribution < 1.29 is 28.7 Å². The summed E-state index contributed by atoms with van der Waals surface area (Å²) in [4.78, 5) is 49.4. The monoisotopic (exact) mass is 462 g/mol. The normalized spacial score (nSPS) is 12.6. The number of amides is 2. The summed E-state index contributed by atoms with van der Waals surface area (Å²) < 4.78 is 9.94. The van der Waals surface area contributed by atoms with Gasteiger partial charge < -0.3 is 20.1 Å². The molecule has 0 aliphatic rings. The standard InChI is InChI=1S/C18H26N2O6S3/c1-5-25-17(23)11(9-27-3)19-15(21)13-7-8-14(29-13)16(22)20-12(10-28-4)18(24)26-6-2/h7-8,11-12H,5-6,9-10H2,1-4H3,(H,19,21)(H,20,22). The van der Waals surface area contributed by atoms with Gasteiger partial charge in [-0.3, -0.25) is 9.59 Å². The molecular formula is C18H26N2O6S3. The molecule has 0 saturated carbocycles. The second kappa shape index (κ2) is 13.5. The third kappa shape index (κ3) is 8.27. The Morgan fingerprint density at radius 1 is 0.862 bits per heavy atom. The zero-order valence-corrected chi connectivity index (χ0v) is 19.3. The van der Waals surface area contributed by atoms with Crippen molar-refractivity contribution >= 4 is 58.6 Å². The van der Waals surface area contributed by atoms with Crippen LogP contribution in [-0.2, 0) is 19.1 Å². The highest BCUT2D eigenvalue weighted by Gasteiger charge is 2.25. The van der Waals surface area contributed by atoms with Crippen LogP contribution in [0.1, 0.15) is 33.2 Å². The summed E-state index contributed by atoms with van der Waals surface area (Å²) in [6, 6.07) is 1.46. The van der Waals surface area contributed by atoms with Gasteiger partial charge in [-0.15, -0.1) is 11.3 Å². The molecule has 0 aliphatic heterocycles. The fraction of sp³-hybridized carbons (Fsp3) is 0.556. The van der Waals surface area contributed by atoms with Crippen molar-refractivity contribution in [1.82, 2.24) is 10.6 Å². The maximum atomic E-state index is 12.5. The molecule has 0 saturated heterocycles. The van der Waals surface area contributed by atoms with Gasteiger partial charge in [0.25, 0.3) is 11.8 Å². The number of ether oxygens (including phenoxy) is 2. The fourth-order valence-corrected chi connectivity index (χ4v) is 4.11. The lowest BCUT2D eigenvalue weighted by molar-refractivity contribution is -0.145. The SMILES string of the molecule is CCOC(=O)C(CSC)NC(=O)c1ccc(C(=O)NC(CSC)C(=O)OCC)s1. The summed E-state index contributed by atoms with van der Waals surface area (Å²) >= 11 is 3.79. The van der Waals surface area contributed by atoms with Gasteiger partial charge in [-0.1, -0.05) is 0 Å². The molecule has 162 valence electrons. The Bertz CT molecular complexity index is 653. The van der Waals surface area contributed by atoms with Crippen molar-refractivity contribution in [2.24, 2.45) is 0 Å². The molecule has 11 heteroatoms. The molecule has 2 N–H and O–H groups in total. The Morgan fingerprint density at radius 2 is 1.24 bits per heavy atom. The molecule has 0 bridgehead atoms. The van der Waals surface area contributed by atoms with Crippen molar-refractivity contribution in [3.05, 3.63) is 21.9 Å². The molecular weight excluding hydrogens is 436 g/mol. The summed E-state index contributed by atoms with van der Waals surface area (Å²) in [7, 11) is 0. The second-order valence-corrected chi connectivity index (χ2v) is 8.54. The van der Waals surface area contributed by atoms with E-state index in [2.05, 4.69) is 10.6 Å². The highest BCUT2D eigenvalue weighted by Crippen LogP contribution is 2.17. The van der Waals surface area contributed by atoms with Gasteiger partial charge in [0.05, 0.1) is 23.0 Å². The molecule has 0 radical (unpaired) electrons. The van der Waals surface area contributed by atoms with Gasteiger partial charge in [0.2, 0.25) is 0 Å². The van der Waals surface area contributed by atoms with E-state index in [1.807, 2.05) is 12.5 Å². The first-order valence-corrected chi connectivity index (χ1v) is 12.5. The average molecular weight is 463 g/mol. The van der Waals surface area contributed by atoms with E-state index >= 15 is 0 Å². The lowest BCUT2D eigenvalue weighted by Crippen LogP contribution is -2.43. The average Bonchev–Trinajstić information content (AvgIpc) is 3.18. The first-order chi connectivity index (χ1) is 13.9. The van der Waals surface area contributed by atoms with Crippen LogP contribution in [0.4, 0.5) is 0 Å². The van der Waals surface area contributed by atoms with Gasteiger partial charge in [0, 0.05) is 11.5 Å². The molecule has 2 atom stereocenters. The van der Waals surface area contributed by atoms with Crippen LogP contribution in [0.15, 0.2) is 12.1 Å². The van der Waals surface area contributed by atoms with E-state index in [0.717, 1.165) is 11.3 Å². The molecule has 2 unspecified atom stereocenters. The van der Waals surface area contributed by atoms with E-state index in [0.29, 0.717) is 11.5 Å². The minimum Gasteiger partial charge on any atom is -0.464 e. The van der Waals surface area contributed by atoms with Crippen LogP contribution < -0.4 is 10.6 Å². The number of esters is 2. The predicted molar refractivity (Wildman–Crippen MR) is 117 cm³/mol. The minimum atomic E-state index is -0.772. The van der Waals surface area contributed by atoms with Crippen LogP contribution in [0.25, 0.3) is 0 Å². The van der Waals surface area contributed by atoms with Crippen molar-refractivity contribution in [2.75, 3.05) is 37.2 Å². The number of nitrogens with one attached hydrogen (secondary N) is 2. The second-order valence-electron chi connectivity index (χ2n) is 5.63. The third-order valence-corrected chi connectivity index (χ3v) is 5.89. The molecule has 1 aromatic rings. The minimum absolute atomic E-state index is 0.223. The van der Waals surface area contributed by atoms with Gasteiger partial charge in [-0.25, -0.2) is 9.59 Å². The van der Waals surface area contributed by atoms with Crippen molar-refractivity contribution in [3.8, 4) is 0 Å². The van der Waals surface area contributed by atoms with E-state index < -0.39 is 35.8 Å². The number of carbonyl (C=O) groups excluding carboxylic acids is 4. The number of thioether (sulfide) groups is 2. The zero-order valence-electron chi connectivity index (χ0n) is 16.8. The zero-order chi connectivity index (χ0) is 21.8. The summed E-state index contributed by atoms with van der Waals surface area (Å²) in [6.07, 6.45) is 3.64.